The molecule has 5 heteroatoms. The van der Waals surface area contributed by atoms with E-state index >= 15 is 0 Å². The van der Waals surface area contributed by atoms with Gasteiger partial charge in [-0.3, -0.25) is 0 Å². The number of aliphatic hydroxyl groups excluding tert-OH is 1. The van der Waals surface area contributed by atoms with Crippen LogP contribution in [0.5, 0.6) is 0 Å². The van der Waals surface area contributed by atoms with Crippen LogP contribution in [0.2, 0.25) is 0 Å². The van der Waals surface area contributed by atoms with E-state index in [0.29, 0.717) is 0 Å². The highest BCUT2D eigenvalue weighted by Gasteiger charge is 2.22. The summed E-state index contributed by atoms with van der Waals surface area (Å²) in [5.41, 5.74) is 0.0417. The van der Waals surface area contributed by atoms with Gasteiger partial charge in [0.05, 0.1) is 6.20 Å². The standard InChI is InChI=1S/C6H7F2NO2/c1-3-4(2-9-11-3)5(10)6(7)8/h2,5-6,10H,1H3. The minimum atomic E-state index is -2.80. The summed E-state index contributed by atoms with van der Waals surface area (Å²) in [5.74, 6) is 0.220. The topological polar surface area (TPSA) is 46.3 Å². The summed E-state index contributed by atoms with van der Waals surface area (Å²) in [6.45, 7) is 1.47. The molecular weight excluding hydrogens is 156 g/mol. The molecule has 62 valence electrons. The van der Waals surface area contributed by atoms with Gasteiger partial charge in [-0.2, -0.15) is 0 Å². The molecular formula is C6H7F2NO2. The van der Waals surface area contributed by atoms with Crippen LogP contribution >= 0.6 is 0 Å². The van der Waals surface area contributed by atoms with Gasteiger partial charge < -0.3 is 9.63 Å². The molecule has 0 saturated carbocycles. The van der Waals surface area contributed by atoms with E-state index in [1.54, 1.807) is 0 Å². The zero-order chi connectivity index (χ0) is 8.43. The minimum absolute atomic E-state index is 0.0417. The first-order chi connectivity index (χ1) is 5.13. The van der Waals surface area contributed by atoms with E-state index in [4.69, 9.17) is 5.11 Å². The summed E-state index contributed by atoms with van der Waals surface area (Å²) in [5, 5.41) is 12.1. The number of aryl methyl sites for hydroxylation is 1. The van der Waals surface area contributed by atoms with Crippen molar-refractivity contribution in [2.75, 3.05) is 0 Å². The average molecular weight is 163 g/mol. The number of rotatable bonds is 2. The summed E-state index contributed by atoms with van der Waals surface area (Å²) in [6, 6.07) is 0. The fourth-order valence-corrected chi connectivity index (χ4v) is 0.726. The van der Waals surface area contributed by atoms with Gasteiger partial charge in [-0.05, 0) is 6.92 Å². The Bertz CT molecular complexity index is 236. The van der Waals surface area contributed by atoms with Gasteiger partial charge in [-0.1, -0.05) is 5.16 Å². The first-order valence-corrected chi connectivity index (χ1v) is 3.00. The lowest BCUT2D eigenvalue weighted by Gasteiger charge is -2.05. The highest BCUT2D eigenvalue weighted by atomic mass is 19.3. The molecule has 1 rings (SSSR count). The first kappa shape index (κ1) is 8.13. The van der Waals surface area contributed by atoms with Crippen LogP contribution in [0.25, 0.3) is 0 Å². The molecule has 3 nitrogen and oxygen atoms in total. The maximum Gasteiger partial charge on any atom is 0.268 e. The molecule has 1 heterocycles. The second kappa shape index (κ2) is 2.96. The number of aromatic nitrogens is 1. The van der Waals surface area contributed by atoms with Gasteiger partial charge in [-0.25, -0.2) is 8.78 Å². The van der Waals surface area contributed by atoms with Gasteiger partial charge in [0.25, 0.3) is 6.43 Å². The summed E-state index contributed by atoms with van der Waals surface area (Å²) >= 11 is 0. The molecule has 0 aromatic carbocycles. The zero-order valence-electron chi connectivity index (χ0n) is 5.79. The molecule has 0 aliphatic rings. The normalized spacial score (nSPS) is 13.9. The van der Waals surface area contributed by atoms with E-state index in [2.05, 4.69) is 9.68 Å². The Morgan fingerprint density at radius 2 is 2.27 bits per heavy atom. The molecule has 0 saturated heterocycles. The van der Waals surface area contributed by atoms with Crippen molar-refractivity contribution in [1.82, 2.24) is 5.16 Å². The Kier molecular flexibility index (Phi) is 2.19. The third-order valence-corrected chi connectivity index (χ3v) is 1.35. The summed E-state index contributed by atoms with van der Waals surface area (Å²) < 4.78 is 28.2. The van der Waals surface area contributed by atoms with Crippen LogP contribution in [-0.4, -0.2) is 16.7 Å². The third kappa shape index (κ3) is 1.54. The van der Waals surface area contributed by atoms with Gasteiger partial charge in [0.2, 0.25) is 0 Å². The van der Waals surface area contributed by atoms with Crippen LogP contribution in [0.4, 0.5) is 8.78 Å². The molecule has 1 unspecified atom stereocenters. The number of alkyl halides is 2. The Morgan fingerprint density at radius 3 is 2.64 bits per heavy atom. The van der Waals surface area contributed by atoms with Crippen molar-refractivity contribution >= 4 is 0 Å². The van der Waals surface area contributed by atoms with Crippen molar-refractivity contribution in [2.24, 2.45) is 0 Å². The van der Waals surface area contributed by atoms with E-state index in [1.165, 1.54) is 6.92 Å². The van der Waals surface area contributed by atoms with Crippen molar-refractivity contribution in [3.8, 4) is 0 Å². The van der Waals surface area contributed by atoms with Crippen LogP contribution < -0.4 is 0 Å². The monoisotopic (exact) mass is 163 g/mol. The van der Waals surface area contributed by atoms with E-state index in [0.717, 1.165) is 6.20 Å². The quantitative estimate of drug-likeness (QED) is 0.714. The van der Waals surface area contributed by atoms with Crippen molar-refractivity contribution < 1.29 is 18.4 Å². The molecule has 0 spiro atoms. The van der Waals surface area contributed by atoms with Crippen molar-refractivity contribution in [2.45, 2.75) is 19.5 Å². The number of hydrogen-bond acceptors (Lipinski definition) is 3. The number of aliphatic hydroxyl groups is 1. The predicted molar refractivity (Wildman–Crippen MR) is 32.2 cm³/mol. The fourth-order valence-electron chi connectivity index (χ4n) is 0.726. The van der Waals surface area contributed by atoms with Crippen molar-refractivity contribution in [1.29, 1.82) is 0 Å². The van der Waals surface area contributed by atoms with Gasteiger partial charge in [-0.15, -0.1) is 0 Å². The number of halogens is 2. The zero-order valence-corrected chi connectivity index (χ0v) is 5.79. The Balaban J connectivity index is 2.84. The molecule has 1 aromatic heterocycles. The second-order valence-electron chi connectivity index (χ2n) is 2.12. The molecule has 0 amide bonds. The Morgan fingerprint density at radius 1 is 1.64 bits per heavy atom. The lowest BCUT2D eigenvalue weighted by molar-refractivity contribution is -0.00655. The molecule has 0 radical (unpaired) electrons. The largest absolute Gasteiger partial charge is 0.382 e. The van der Waals surface area contributed by atoms with E-state index in [9.17, 15) is 8.78 Å². The Labute approximate surface area is 61.6 Å². The fraction of sp³-hybridized carbons (Fsp3) is 0.500. The van der Waals surface area contributed by atoms with E-state index < -0.39 is 12.5 Å². The van der Waals surface area contributed by atoms with Gasteiger partial charge in [0.1, 0.15) is 11.9 Å². The molecule has 11 heavy (non-hydrogen) atoms. The van der Waals surface area contributed by atoms with Crippen LogP contribution in [0.1, 0.15) is 17.4 Å². The maximum absolute atomic E-state index is 11.9. The molecule has 0 bridgehead atoms. The van der Waals surface area contributed by atoms with Gasteiger partial charge in [0.15, 0.2) is 0 Å². The van der Waals surface area contributed by atoms with Crippen molar-refractivity contribution in [3.05, 3.63) is 17.5 Å². The van der Waals surface area contributed by atoms with Crippen molar-refractivity contribution in [3.63, 3.8) is 0 Å². The summed E-state index contributed by atoms with van der Waals surface area (Å²) in [4.78, 5) is 0. The first-order valence-electron chi connectivity index (χ1n) is 3.00. The van der Waals surface area contributed by atoms with Crippen LogP contribution in [-0.2, 0) is 0 Å². The lowest BCUT2D eigenvalue weighted by atomic mass is 10.2. The predicted octanol–water partition coefficient (Wildman–Crippen LogP) is 1.28. The maximum atomic E-state index is 11.9. The highest BCUT2D eigenvalue weighted by molar-refractivity contribution is 5.15. The van der Waals surface area contributed by atoms with Crippen LogP contribution in [0.3, 0.4) is 0 Å². The highest BCUT2D eigenvalue weighted by Crippen LogP contribution is 2.22. The Hall–Kier alpha value is -0.970. The van der Waals surface area contributed by atoms with Gasteiger partial charge in [0, 0.05) is 5.56 Å². The minimum Gasteiger partial charge on any atom is -0.382 e. The molecule has 0 fully saturated rings. The molecule has 0 aliphatic heterocycles. The molecule has 1 atom stereocenters. The van der Waals surface area contributed by atoms with Crippen LogP contribution in [0, 0.1) is 6.92 Å². The molecule has 0 aliphatic carbocycles. The summed E-state index contributed by atoms with van der Waals surface area (Å²) in [6.07, 6.45) is -3.50. The molecule has 1 N–H and O–H groups in total. The number of nitrogens with zero attached hydrogens (tertiary/aromatic N) is 1. The summed E-state index contributed by atoms with van der Waals surface area (Å²) in [7, 11) is 0. The average Bonchev–Trinajstić information content (AvgIpc) is 2.33. The number of hydrogen-bond donors (Lipinski definition) is 1. The van der Waals surface area contributed by atoms with E-state index in [1.807, 2.05) is 0 Å². The SMILES string of the molecule is Cc1oncc1C(O)C(F)F. The second-order valence-corrected chi connectivity index (χ2v) is 2.12. The molecule has 1 aromatic rings. The van der Waals surface area contributed by atoms with Crippen LogP contribution in [0.15, 0.2) is 10.7 Å². The third-order valence-electron chi connectivity index (χ3n) is 1.35. The van der Waals surface area contributed by atoms with E-state index in [-0.39, 0.29) is 11.3 Å². The van der Waals surface area contributed by atoms with Gasteiger partial charge >= 0.3 is 0 Å². The lowest BCUT2D eigenvalue weighted by Crippen LogP contribution is -2.07. The smallest absolute Gasteiger partial charge is 0.268 e.